The number of nitrogens with zero attached hydrogens (tertiary/aromatic N) is 7. The number of pyridine rings is 2. The van der Waals surface area contributed by atoms with E-state index in [1.54, 1.807) is 30.6 Å². The Hall–Kier alpha value is -4.60. The smallest absolute Gasteiger partial charge is 0.254 e. The van der Waals surface area contributed by atoms with Crippen LogP contribution in [0.2, 0.25) is 0 Å². The SMILES string of the molecule is O=C(c1ccncc1)N1CC(Cn2c(-c3cc4cccnc4n3CC3CC3)nc3cc(C(=O)N4CC5CC6CC4[C@H]65)cc(F)c32)C1. The number of carbonyl (C=O) groups is 2. The highest BCUT2D eigenvalue weighted by Crippen LogP contribution is 2.60. The molecule has 5 aromatic rings. The van der Waals surface area contributed by atoms with E-state index in [1.165, 1.54) is 25.3 Å². The molecular weight excluding hydrogens is 581 g/mol. The zero-order valence-electron chi connectivity index (χ0n) is 25.4. The first-order valence-corrected chi connectivity index (χ1v) is 16.6. The molecule has 5 fully saturated rings. The molecule has 10 heteroatoms. The summed E-state index contributed by atoms with van der Waals surface area (Å²) in [7, 11) is 0. The highest BCUT2D eigenvalue weighted by Gasteiger charge is 2.61. The van der Waals surface area contributed by atoms with Crippen molar-refractivity contribution in [3.63, 3.8) is 0 Å². The van der Waals surface area contributed by atoms with Crippen LogP contribution in [0, 0.1) is 35.4 Å². The number of imidazole rings is 1. The molecule has 10 rings (SSSR count). The maximum atomic E-state index is 16.4. The van der Waals surface area contributed by atoms with Gasteiger partial charge in [-0.2, -0.15) is 0 Å². The first-order valence-electron chi connectivity index (χ1n) is 16.6. The second kappa shape index (κ2) is 9.70. The van der Waals surface area contributed by atoms with Crippen molar-refractivity contribution in [1.29, 1.82) is 0 Å². The van der Waals surface area contributed by atoms with Crippen molar-refractivity contribution >= 4 is 33.9 Å². The van der Waals surface area contributed by atoms with E-state index in [1.807, 2.05) is 26.6 Å². The summed E-state index contributed by atoms with van der Waals surface area (Å²) in [6.45, 7) is 3.28. The number of rotatable bonds is 7. The number of aromatic nitrogens is 5. The van der Waals surface area contributed by atoms with Crippen LogP contribution in [-0.2, 0) is 13.1 Å². The van der Waals surface area contributed by atoms with Crippen LogP contribution in [-0.4, -0.2) is 71.4 Å². The second-order valence-corrected chi connectivity index (χ2v) is 14.3. The molecular formula is C36H34FN7O2. The van der Waals surface area contributed by atoms with Crippen LogP contribution in [0.25, 0.3) is 33.6 Å². The van der Waals surface area contributed by atoms with E-state index < -0.39 is 5.82 Å². The fraction of sp³-hybridized carbons (Fsp3) is 0.417. The van der Waals surface area contributed by atoms with Gasteiger partial charge in [-0.1, -0.05) is 0 Å². The summed E-state index contributed by atoms with van der Waals surface area (Å²) in [5.74, 6) is 2.92. The number of likely N-dealkylation sites (tertiary alicyclic amines) is 2. The lowest BCUT2D eigenvalue weighted by molar-refractivity contribution is -0.0204. The molecule has 2 aliphatic heterocycles. The van der Waals surface area contributed by atoms with Gasteiger partial charge in [0.1, 0.15) is 17.0 Å². The molecule has 4 atom stereocenters. The topological polar surface area (TPSA) is 89.1 Å². The minimum Gasteiger partial charge on any atom is -0.338 e. The zero-order valence-corrected chi connectivity index (χ0v) is 25.4. The minimum atomic E-state index is -0.430. The van der Waals surface area contributed by atoms with E-state index in [4.69, 9.17) is 9.97 Å². The van der Waals surface area contributed by atoms with Gasteiger partial charge in [-0.15, -0.1) is 0 Å². The predicted molar refractivity (Wildman–Crippen MR) is 169 cm³/mol. The number of benzene rings is 1. The van der Waals surface area contributed by atoms with E-state index >= 15 is 4.39 Å². The summed E-state index contributed by atoms with van der Waals surface area (Å²) in [6.07, 6.45) is 9.75. The maximum Gasteiger partial charge on any atom is 0.254 e. The highest BCUT2D eigenvalue weighted by molar-refractivity contribution is 5.99. The van der Waals surface area contributed by atoms with E-state index in [0.29, 0.717) is 71.4 Å². The number of amides is 2. The van der Waals surface area contributed by atoms with Gasteiger partial charge in [0, 0.05) is 79.8 Å². The first kappa shape index (κ1) is 26.6. The van der Waals surface area contributed by atoms with Crippen molar-refractivity contribution in [2.45, 2.75) is 44.8 Å². The fourth-order valence-electron chi connectivity index (χ4n) is 8.88. The summed E-state index contributed by atoms with van der Waals surface area (Å²) < 4.78 is 20.6. The monoisotopic (exact) mass is 615 g/mol. The zero-order chi connectivity index (χ0) is 30.7. The Kier molecular flexibility index (Phi) is 5.61. The van der Waals surface area contributed by atoms with E-state index in [2.05, 4.69) is 21.7 Å². The lowest BCUT2D eigenvalue weighted by atomic mass is 9.53. The van der Waals surface area contributed by atoms with E-state index in [0.717, 1.165) is 42.2 Å². The molecule has 3 aliphatic carbocycles. The average Bonchev–Trinajstić information content (AvgIpc) is 3.68. The van der Waals surface area contributed by atoms with Crippen LogP contribution in [0.5, 0.6) is 0 Å². The van der Waals surface area contributed by atoms with Gasteiger partial charge < -0.3 is 18.9 Å². The van der Waals surface area contributed by atoms with Crippen molar-refractivity contribution < 1.29 is 14.0 Å². The Morgan fingerprint density at radius 3 is 2.46 bits per heavy atom. The molecule has 2 amide bonds. The van der Waals surface area contributed by atoms with Gasteiger partial charge in [0.15, 0.2) is 5.82 Å². The average molecular weight is 616 g/mol. The fourth-order valence-corrected chi connectivity index (χ4v) is 8.88. The first-order chi connectivity index (χ1) is 22.5. The second-order valence-electron chi connectivity index (χ2n) is 14.3. The lowest BCUT2D eigenvalue weighted by Gasteiger charge is -2.52. The highest BCUT2D eigenvalue weighted by atomic mass is 19.1. The van der Waals surface area contributed by atoms with E-state index in [-0.39, 0.29) is 17.7 Å². The van der Waals surface area contributed by atoms with Crippen LogP contribution >= 0.6 is 0 Å². The number of fused-ring (bicyclic) bond motifs is 2. The normalized spacial score (nSPS) is 25.0. The number of carbonyl (C=O) groups excluding carboxylic acids is 2. The van der Waals surface area contributed by atoms with Crippen LogP contribution in [0.3, 0.4) is 0 Å². The Morgan fingerprint density at radius 1 is 0.848 bits per heavy atom. The number of hydrogen-bond acceptors (Lipinski definition) is 5. The Balaban J connectivity index is 1.04. The third-order valence-corrected chi connectivity index (χ3v) is 11.5. The molecule has 3 unspecified atom stereocenters. The number of halogens is 1. The van der Waals surface area contributed by atoms with Gasteiger partial charge >= 0.3 is 0 Å². The molecule has 9 nitrogen and oxygen atoms in total. The number of hydrogen-bond donors (Lipinski definition) is 0. The minimum absolute atomic E-state index is 0.0209. The van der Waals surface area contributed by atoms with E-state index in [9.17, 15) is 9.59 Å². The summed E-state index contributed by atoms with van der Waals surface area (Å²) in [4.78, 5) is 44.5. The molecule has 0 N–H and O–H groups in total. The van der Waals surface area contributed by atoms with Gasteiger partial charge in [-0.3, -0.25) is 14.6 Å². The Labute approximate surface area is 265 Å². The third kappa shape index (κ3) is 3.94. The molecule has 0 bridgehead atoms. The van der Waals surface area contributed by atoms with Gasteiger partial charge in [-0.05, 0) is 91.8 Å². The molecule has 2 saturated heterocycles. The standard InChI is InChI=1S/C36H34FN7O2/c37-27-11-25(36(46)43-19-26-10-24-14-29(43)31(24)26)12-28-32(27)44(18-21-15-41(16-21)35(45)22-5-8-38-9-6-22)34(40-28)30-13-23-2-1-7-39-33(23)42(30)17-20-3-4-20/h1-2,5-9,11-13,20-21,24,26,29,31H,3-4,10,14-19H2/t24?,26?,29?,31-/m1/s1. The molecule has 0 spiro atoms. The summed E-state index contributed by atoms with van der Waals surface area (Å²) in [6, 6.07) is 13.1. The molecule has 232 valence electrons. The lowest BCUT2D eigenvalue weighted by Crippen LogP contribution is -2.53. The molecule has 5 aliphatic rings. The molecule has 4 aromatic heterocycles. The molecule has 3 saturated carbocycles. The van der Waals surface area contributed by atoms with Crippen molar-refractivity contribution in [3.05, 3.63) is 78.0 Å². The maximum absolute atomic E-state index is 16.4. The summed E-state index contributed by atoms with van der Waals surface area (Å²) >= 11 is 0. The third-order valence-electron chi connectivity index (χ3n) is 11.5. The molecule has 1 aromatic carbocycles. The largest absolute Gasteiger partial charge is 0.338 e. The van der Waals surface area contributed by atoms with Crippen LogP contribution < -0.4 is 0 Å². The van der Waals surface area contributed by atoms with Crippen LogP contribution in [0.4, 0.5) is 4.39 Å². The van der Waals surface area contributed by atoms with Crippen molar-refractivity contribution in [1.82, 2.24) is 33.9 Å². The quantitative estimate of drug-likeness (QED) is 0.250. The van der Waals surface area contributed by atoms with Gasteiger partial charge in [0.2, 0.25) is 0 Å². The summed E-state index contributed by atoms with van der Waals surface area (Å²) in [5, 5.41) is 1.02. The Bertz CT molecular complexity index is 2060. The molecule has 46 heavy (non-hydrogen) atoms. The van der Waals surface area contributed by atoms with Crippen LogP contribution in [0.15, 0.2) is 61.1 Å². The van der Waals surface area contributed by atoms with Gasteiger partial charge in [0.05, 0.1) is 11.2 Å². The van der Waals surface area contributed by atoms with Crippen molar-refractivity contribution in [3.8, 4) is 11.5 Å². The van der Waals surface area contributed by atoms with Gasteiger partial charge in [-0.25, -0.2) is 14.4 Å². The molecule has 0 radical (unpaired) electrons. The van der Waals surface area contributed by atoms with Crippen molar-refractivity contribution in [2.24, 2.45) is 29.6 Å². The Morgan fingerprint density at radius 2 is 1.67 bits per heavy atom. The van der Waals surface area contributed by atoms with Crippen LogP contribution in [0.1, 0.15) is 46.4 Å². The molecule has 6 heterocycles. The van der Waals surface area contributed by atoms with Gasteiger partial charge in [0.25, 0.3) is 11.8 Å². The van der Waals surface area contributed by atoms with Crippen molar-refractivity contribution in [2.75, 3.05) is 19.6 Å². The summed E-state index contributed by atoms with van der Waals surface area (Å²) in [5.41, 5.74) is 3.71. The predicted octanol–water partition coefficient (Wildman–Crippen LogP) is 5.25.